The maximum absolute atomic E-state index is 12.0. The third kappa shape index (κ3) is 3.73. The van der Waals surface area contributed by atoms with Crippen molar-refractivity contribution in [3.8, 4) is 11.1 Å². The van der Waals surface area contributed by atoms with Crippen LogP contribution >= 0.6 is 0 Å². The molecule has 0 aliphatic heterocycles. The second-order valence-corrected chi connectivity index (χ2v) is 5.59. The highest BCUT2D eigenvalue weighted by Gasteiger charge is 2.10. The van der Waals surface area contributed by atoms with Crippen molar-refractivity contribution in [2.75, 3.05) is 6.54 Å². The smallest absolute Gasteiger partial charge is 0.251 e. The molecule has 0 aromatic heterocycles. The second kappa shape index (κ2) is 6.89. The van der Waals surface area contributed by atoms with Gasteiger partial charge in [0.15, 0.2) is 0 Å². The van der Waals surface area contributed by atoms with E-state index in [1.54, 1.807) is 24.3 Å². The van der Waals surface area contributed by atoms with Crippen LogP contribution in [-0.4, -0.2) is 18.4 Å². The summed E-state index contributed by atoms with van der Waals surface area (Å²) in [6.45, 7) is 4.74. The summed E-state index contributed by atoms with van der Waals surface area (Å²) >= 11 is 0. The summed E-state index contributed by atoms with van der Waals surface area (Å²) in [7, 11) is 0. The zero-order valence-corrected chi connectivity index (χ0v) is 12.8. The van der Waals surface area contributed by atoms with Crippen molar-refractivity contribution in [2.24, 2.45) is 11.7 Å². The minimum atomic E-state index is -0.464. The van der Waals surface area contributed by atoms with Gasteiger partial charge in [-0.15, -0.1) is 0 Å². The van der Waals surface area contributed by atoms with Crippen molar-refractivity contribution in [1.82, 2.24) is 5.32 Å². The molecule has 2 aromatic carbocycles. The lowest BCUT2D eigenvalue weighted by Gasteiger charge is -2.09. The number of hydrogen-bond donors (Lipinski definition) is 2. The first-order chi connectivity index (χ1) is 10.5. The molecule has 2 amide bonds. The predicted molar refractivity (Wildman–Crippen MR) is 87.6 cm³/mol. The molecule has 0 fully saturated rings. The van der Waals surface area contributed by atoms with Crippen molar-refractivity contribution < 1.29 is 9.59 Å². The summed E-state index contributed by atoms with van der Waals surface area (Å²) < 4.78 is 0. The fourth-order valence-corrected chi connectivity index (χ4v) is 2.15. The van der Waals surface area contributed by atoms with E-state index in [1.807, 2.05) is 38.1 Å². The molecule has 0 bridgehead atoms. The van der Waals surface area contributed by atoms with Crippen molar-refractivity contribution in [3.63, 3.8) is 0 Å². The summed E-state index contributed by atoms with van der Waals surface area (Å²) in [6.07, 6.45) is 0. The Kier molecular flexibility index (Phi) is 4.94. The summed E-state index contributed by atoms with van der Waals surface area (Å²) in [5.41, 5.74) is 8.09. The van der Waals surface area contributed by atoms with Gasteiger partial charge in [0.05, 0.1) is 0 Å². The van der Waals surface area contributed by atoms with Gasteiger partial charge in [0, 0.05) is 17.7 Å². The topological polar surface area (TPSA) is 72.2 Å². The highest BCUT2D eigenvalue weighted by atomic mass is 16.2. The molecule has 0 spiro atoms. The van der Waals surface area contributed by atoms with E-state index in [-0.39, 0.29) is 5.91 Å². The summed E-state index contributed by atoms with van der Waals surface area (Å²) in [4.78, 5) is 23.5. The van der Waals surface area contributed by atoms with Crippen LogP contribution < -0.4 is 11.1 Å². The van der Waals surface area contributed by atoms with E-state index < -0.39 is 5.91 Å². The van der Waals surface area contributed by atoms with Gasteiger partial charge in [0.2, 0.25) is 5.91 Å². The standard InChI is InChI=1S/C18H20N2O2/c1-12(2)11-20-18(22)14-9-7-13(8-10-14)15-5-3-4-6-16(15)17(19)21/h3-10,12H,11H2,1-2H3,(H2,19,21)(H,20,22). The van der Waals surface area contributed by atoms with Crippen molar-refractivity contribution in [1.29, 1.82) is 0 Å². The van der Waals surface area contributed by atoms with Crippen LogP contribution in [0.5, 0.6) is 0 Å². The van der Waals surface area contributed by atoms with Crippen LogP contribution in [-0.2, 0) is 0 Å². The Balaban J connectivity index is 2.23. The lowest BCUT2D eigenvalue weighted by Crippen LogP contribution is -2.27. The largest absolute Gasteiger partial charge is 0.366 e. The average Bonchev–Trinajstić information content (AvgIpc) is 2.52. The number of primary amides is 1. The number of hydrogen-bond acceptors (Lipinski definition) is 2. The molecule has 0 heterocycles. The maximum atomic E-state index is 12.0. The number of carbonyl (C=O) groups is 2. The molecule has 2 aromatic rings. The first-order valence-electron chi connectivity index (χ1n) is 7.26. The van der Waals surface area contributed by atoms with Gasteiger partial charge in [-0.25, -0.2) is 0 Å². The van der Waals surface area contributed by atoms with Gasteiger partial charge in [0.25, 0.3) is 5.91 Å². The lowest BCUT2D eigenvalue weighted by molar-refractivity contribution is 0.0947. The fraction of sp³-hybridized carbons (Fsp3) is 0.222. The Morgan fingerprint density at radius 1 is 1.05 bits per heavy atom. The molecule has 0 saturated carbocycles. The number of benzene rings is 2. The van der Waals surface area contributed by atoms with E-state index in [1.165, 1.54) is 0 Å². The molecule has 0 aliphatic rings. The molecule has 0 aliphatic carbocycles. The average molecular weight is 296 g/mol. The van der Waals surface area contributed by atoms with Gasteiger partial charge in [0.1, 0.15) is 0 Å². The minimum Gasteiger partial charge on any atom is -0.366 e. The number of carbonyl (C=O) groups excluding carboxylic acids is 2. The highest BCUT2D eigenvalue weighted by Crippen LogP contribution is 2.23. The third-order valence-electron chi connectivity index (χ3n) is 3.32. The van der Waals surface area contributed by atoms with E-state index in [4.69, 9.17) is 5.73 Å². The van der Waals surface area contributed by atoms with E-state index in [0.717, 1.165) is 11.1 Å². The monoisotopic (exact) mass is 296 g/mol. The van der Waals surface area contributed by atoms with Crippen LogP contribution in [0, 0.1) is 5.92 Å². The molecule has 0 saturated heterocycles. The first-order valence-corrected chi connectivity index (χ1v) is 7.26. The van der Waals surface area contributed by atoms with Crippen LogP contribution in [0.2, 0.25) is 0 Å². The zero-order valence-electron chi connectivity index (χ0n) is 12.8. The van der Waals surface area contributed by atoms with Gasteiger partial charge < -0.3 is 11.1 Å². The van der Waals surface area contributed by atoms with Gasteiger partial charge >= 0.3 is 0 Å². The number of rotatable bonds is 5. The molecule has 0 radical (unpaired) electrons. The van der Waals surface area contributed by atoms with Crippen molar-refractivity contribution >= 4 is 11.8 Å². The molecule has 0 atom stereocenters. The number of nitrogens with two attached hydrogens (primary N) is 1. The van der Waals surface area contributed by atoms with Crippen LogP contribution in [0.15, 0.2) is 48.5 Å². The quantitative estimate of drug-likeness (QED) is 0.890. The fourth-order valence-electron chi connectivity index (χ4n) is 2.15. The van der Waals surface area contributed by atoms with Crippen molar-refractivity contribution in [3.05, 3.63) is 59.7 Å². The van der Waals surface area contributed by atoms with Crippen LogP contribution in [0.3, 0.4) is 0 Å². The van der Waals surface area contributed by atoms with Gasteiger partial charge in [-0.1, -0.05) is 44.2 Å². The third-order valence-corrected chi connectivity index (χ3v) is 3.32. The van der Waals surface area contributed by atoms with Gasteiger partial charge in [-0.3, -0.25) is 9.59 Å². The van der Waals surface area contributed by atoms with Gasteiger partial charge in [-0.05, 0) is 35.2 Å². The molecule has 4 heteroatoms. The SMILES string of the molecule is CC(C)CNC(=O)c1ccc(-c2ccccc2C(N)=O)cc1. The Hall–Kier alpha value is -2.62. The molecule has 3 N–H and O–H groups in total. The molecule has 2 rings (SSSR count). The van der Waals surface area contributed by atoms with E-state index in [2.05, 4.69) is 5.32 Å². The second-order valence-electron chi connectivity index (χ2n) is 5.59. The Morgan fingerprint density at radius 3 is 2.27 bits per heavy atom. The Labute approximate surface area is 130 Å². The summed E-state index contributed by atoms with van der Waals surface area (Å²) in [6, 6.07) is 14.3. The predicted octanol–water partition coefficient (Wildman–Crippen LogP) is 2.84. The van der Waals surface area contributed by atoms with Gasteiger partial charge in [-0.2, -0.15) is 0 Å². The number of amides is 2. The zero-order chi connectivity index (χ0) is 16.1. The molecule has 4 nitrogen and oxygen atoms in total. The molecular formula is C18H20N2O2. The van der Waals surface area contributed by atoms with E-state index in [9.17, 15) is 9.59 Å². The Bertz CT molecular complexity index is 676. The number of nitrogens with one attached hydrogen (secondary N) is 1. The maximum Gasteiger partial charge on any atom is 0.251 e. The van der Waals surface area contributed by atoms with Crippen molar-refractivity contribution in [2.45, 2.75) is 13.8 Å². The molecule has 0 unspecified atom stereocenters. The van der Waals surface area contributed by atoms with Crippen LogP contribution in [0.4, 0.5) is 0 Å². The molecule has 22 heavy (non-hydrogen) atoms. The molecule has 114 valence electrons. The molecular weight excluding hydrogens is 276 g/mol. The summed E-state index contributed by atoms with van der Waals surface area (Å²) in [5.74, 6) is -0.150. The summed E-state index contributed by atoms with van der Waals surface area (Å²) in [5, 5.41) is 2.87. The Morgan fingerprint density at radius 2 is 1.68 bits per heavy atom. The van der Waals surface area contributed by atoms with Crippen LogP contribution in [0.25, 0.3) is 11.1 Å². The normalized spacial score (nSPS) is 10.5. The van der Waals surface area contributed by atoms with E-state index in [0.29, 0.717) is 23.6 Å². The first kappa shape index (κ1) is 15.8. The highest BCUT2D eigenvalue weighted by molar-refractivity contribution is 6.00. The van der Waals surface area contributed by atoms with Crippen LogP contribution in [0.1, 0.15) is 34.6 Å². The lowest BCUT2D eigenvalue weighted by atomic mass is 9.98. The minimum absolute atomic E-state index is 0.0940. The van der Waals surface area contributed by atoms with E-state index >= 15 is 0 Å².